The largest absolute Gasteiger partial charge is 0.493 e. The molecule has 0 atom stereocenters. The number of imide groups is 1. The Hall–Kier alpha value is -2.30. The second-order valence-corrected chi connectivity index (χ2v) is 8.24. The number of nitrogens with zero attached hydrogens (tertiary/aromatic N) is 2. The van der Waals surface area contributed by atoms with Crippen LogP contribution in [0.4, 0.5) is 4.79 Å². The molecule has 1 aromatic rings. The summed E-state index contributed by atoms with van der Waals surface area (Å²) in [6.45, 7) is 5.48. The van der Waals surface area contributed by atoms with Crippen molar-refractivity contribution in [2.24, 2.45) is 0 Å². The highest BCUT2D eigenvalue weighted by Crippen LogP contribution is 2.39. The van der Waals surface area contributed by atoms with Crippen molar-refractivity contribution in [2.45, 2.75) is 0 Å². The molecule has 2 heterocycles. The number of amides is 3. The van der Waals surface area contributed by atoms with Gasteiger partial charge in [0.25, 0.3) is 11.1 Å². The van der Waals surface area contributed by atoms with Gasteiger partial charge in [-0.15, -0.1) is 0 Å². The van der Waals surface area contributed by atoms with E-state index in [4.69, 9.17) is 14.2 Å². The minimum Gasteiger partial charge on any atom is -0.493 e. The summed E-state index contributed by atoms with van der Waals surface area (Å²) in [5, 5.41) is -0.468. The van der Waals surface area contributed by atoms with Gasteiger partial charge in [0.05, 0.1) is 29.7 Å². The number of morpholine rings is 1. The molecule has 0 aliphatic carbocycles. The van der Waals surface area contributed by atoms with E-state index in [1.165, 1.54) is 7.11 Å². The zero-order valence-corrected chi connectivity index (χ0v) is 18.8. The molecule has 30 heavy (non-hydrogen) atoms. The number of carbonyl (C=O) groups excluding carboxylic acids is 3. The molecule has 3 amide bonds. The van der Waals surface area contributed by atoms with Crippen LogP contribution in [-0.2, 0) is 14.3 Å². The Balaban J connectivity index is 1.77. The third-order valence-electron chi connectivity index (χ3n) is 4.43. The molecule has 10 heteroatoms. The quantitative estimate of drug-likeness (QED) is 0.423. The van der Waals surface area contributed by atoms with E-state index in [2.05, 4.69) is 22.5 Å². The average Bonchev–Trinajstić information content (AvgIpc) is 3.00. The van der Waals surface area contributed by atoms with Crippen LogP contribution in [0.5, 0.6) is 11.5 Å². The van der Waals surface area contributed by atoms with E-state index in [0.717, 1.165) is 16.7 Å². The van der Waals surface area contributed by atoms with Gasteiger partial charge in [0.2, 0.25) is 5.91 Å². The Morgan fingerprint density at radius 3 is 2.73 bits per heavy atom. The SMILES string of the molecule is C=CCOc1c(Br)cc(/C=C2/SC(=O)N(CC(=O)N3CCOCC3)C2=O)cc1OC. The summed E-state index contributed by atoms with van der Waals surface area (Å²) in [5.74, 6) is 0.224. The molecule has 2 fully saturated rings. The standard InChI is InChI=1S/C20H21BrN2O6S/c1-3-6-29-18-14(21)9-13(10-15(18)27-2)11-16-19(25)23(20(26)30-16)12-17(24)22-4-7-28-8-5-22/h3,9-11H,1,4-8,12H2,2H3/b16-11+. The maximum absolute atomic E-state index is 12.7. The molecule has 0 aromatic heterocycles. The molecule has 0 saturated carbocycles. The second-order valence-electron chi connectivity index (χ2n) is 6.39. The van der Waals surface area contributed by atoms with Crippen LogP contribution in [0.2, 0.25) is 0 Å². The van der Waals surface area contributed by atoms with Crippen molar-refractivity contribution >= 4 is 50.8 Å². The van der Waals surface area contributed by atoms with Gasteiger partial charge in [-0.2, -0.15) is 0 Å². The van der Waals surface area contributed by atoms with Gasteiger partial charge in [0, 0.05) is 13.1 Å². The Labute approximate surface area is 186 Å². The highest BCUT2D eigenvalue weighted by atomic mass is 79.9. The van der Waals surface area contributed by atoms with E-state index in [1.807, 2.05) is 0 Å². The lowest BCUT2D eigenvalue weighted by molar-refractivity contribution is -0.139. The van der Waals surface area contributed by atoms with Crippen LogP contribution in [0.3, 0.4) is 0 Å². The van der Waals surface area contributed by atoms with Crippen molar-refractivity contribution in [1.29, 1.82) is 0 Å². The molecule has 0 radical (unpaired) electrons. The molecular formula is C20H21BrN2O6S. The summed E-state index contributed by atoms with van der Waals surface area (Å²) >= 11 is 4.24. The minimum atomic E-state index is -0.492. The molecule has 0 N–H and O–H groups in total. The smallest absolute Gasteiger partial charge is 0.294 e. The molecule has 0 unspecified atom stereocenters. The molecule has 8 nitrogen and oxygen atoms in total. The van der Waals surface area contributed by atoms with Gasteiger partial charge < -0.3 is 19.1 Å². The van der Waals surface area contributed by atoms with E-state index in [-0.39, 0.29) is 17.4 Å². The highest BCUT2D eigenvalue weighted by Gasteiger charge is 2.37. The van der Waals surface area contributed by atoms with Crippen LogP contribution in [0.1, 0.15) is 5.56 Å². The molecule has 2 saturated heterocycles. The number of hydrogen-bond donors (Lipinski definition) is 0. The molecule has 1 aromatic carbocycles. The second kappa shape index (κ2) is 10.1. The predicted octanol–water partition coefficient (Wildman–Crippen LogP) is 2.92. The van der Waals surface area contributed by atoms with Gasteiger partial charge >= 0.3 is 0 Å². The number of benzene rings is 1. The lowest BCUT2D eigenvalue weighted by Gasteiger charge is -2.28. The molecule has 0 bridgehead atoms. The summed E-state index contributed by atoms with van der Waals surface area (Å²) < 4.78 is 16.8. The number of rotatable bonds is 7. The molecular weight excluding hydrogens is 476 g/mol. The van der Waals surface area contributed by atoms with Crippen LogP contribution < -0.4 is 9.47 Å². The van der Waals surface area contributed by atoms with Crippen LogP contribution in [0.25, 0.3) is 6.08 Å². The lowest BCUT2D eigenvalue weighted by Crippen LogP contribution is -2.46. The molecule has 3 rings (SSSR count). The monoisotopic (exact) mass is 496 g/mol. The number of thioether (sulfide) groups is 1. The summed E-state index contributed by atoms with van der Waals surface area (Å²) in [5.41, 5.74) is 0.648. The van der Waals surface area contributed by atoms with E-state index < -0.39 is 11.1 Å². The maximum Gasteiger partial charge on any atom is 0.294 e. The van der Waals surface area contributed by atoms with Gasteiger partial charge in [0.15, 0.2) is 11.5 Å². The van der Waals surface area contributed by atoms with Crippen LogP contribution >= 0.6 is 27.7 Å². The fraction of sp³-hybridized carbons (Fsp3) is 0.350. The van der Waals surface area contributed by atoms with Gasteiger partial charge in [-0.05, 0) is 51.5 Å². The molecule has 2 aliphatic rings. The van der Waals surface area contributed by atoms with Gasteiger partial charge in [-0.3, -0.25) is 19.3 Å². The van der Waals surface area contributed by atoms with Crippen LogP contribution in [-0.4, -0.2) is 73.4 Å². The summed E-state index contributed by atoms with van der Waals surface area (Å²) in [4.78, 5) is 40.3. The molecule has 2 aliphatic heterocycles. The van der Waals surface area contributed by atoms with E-state index >= 15 is 0 Å². The van der Waals surface area contributed by atoms with Crippen molar-refractivity contribution in [3.8, 4) is 11.5 Å². The predicted molar refractivity (Wildman–Crippen MR) is 116 cm³/mol. The molecule has 160 valence electrons. The highest BCUT2D eigenvalue weighted by molar-refractivity contribution is 9.10. The molecule has 0 spiro atoms. The Kier molecular flexibility index (Phi) is 7.57. The zero-order valence-electron chi connectivity index (χ0n) is 16.4. The number of carbonyl (C=O) groups is 3. The first kappa shape index (κ1) is 22.4. The number of methoxy groups -OCH3 is 1. The van der Waals surface area contributed by atoms with Crippen molar-refractivity contribution in [1.82, 2.24) is 9.80 Å². The lowest BCUT2D eigenvalue weighted by atomic mass is 10.2. The first-order valence-corrected chi connectivity index (χ1v) is 10.8. The van der Waals surface area contributed by atoms with Gasteiger partial charge in [-0.25, -0.2) is 0 Å². The summed E-state index contributed by atoms with van der Waals surface area (Å²) in [6.07, 6.45) is 3.21. The van der Waals surface area contributed by atoms with E-state index in [9.17, 15) is 14.4 Å². The Bertz CT molecular complexity index is 898. The number of hydrogen-bond acceptors (Lipinski definition) is 7. The first-order valence-electron chi connectivity index (χ1n) is 9.16. The third kappa shape index (κ3) is 5.05. The van der Waals surface area contributed by atoms with Gasteiger partial charge in [0.1, 0.15) is 13.2 Å². The minimum absolute atomic E-state index is 0.239. The van der Waals surface area contributed by atoms with Crippen LogP contribution in [0, 0.1) is 0 Å². The normalized spacial score (nSPS) is 18.1. The topological polar surface area (TPSA) is 85.4 Å². The Morgan fingerprint density at radius 2 is 2.07 bits per heavy atom. The zero-order chi connectivity index (χ0) is 21.7. The number of ether oxygens (including phenoxy) is 3. The summed E-state index contributed by atoms with van der Waals surface area (Å²) in [6, 6.07) is 3.46. The summed E-state index contributed by atoms with van der Waals surface area (Å²) in [7, 11) is 1.51. The van der Waals surface area contributed by atoms with E-state index in [0.29, 0.717) is 54.4 Å². The average molecular weight is 497 g/mol. The first-order chi connectivity index (χ1) is 14.4. The van der Waals surface area contributed by atoms with Crippen LogP contribution in [0.15, 0.2) is 34.2 Å². The van der Waals surface area contributed by atoms with Gasteiger partial charge in [-0.1, -0.05) is 12.7 Å². The van der Waals surface area contributed by atoms with Crippen molar-refractivity contribution in [3.63, 3.8) is 0 Å². The number of halogens is 1. The fourth-order valence-electron chi connectivity index (χ4n) is 2.94. The fourth-order valence-corrected chi connectivity index (χ4v) is 4.35. The van der Waals surface area contributed by atoms with Crippen molar-refractivity contribution in [2.75, 3.05) is 46.6 Å². The maximum atomic E-state index is 12.7. The van der Waals surface area contributed by atoms with E-state index in [1.54, 1.807) is 29.2 Å². The Morgan fingerprint density at radius 1 is 1.33 bits per heavy atom. The van der Waals surface area contributed by atoms with Crippen molar-refractivity contribution in [3.05, 3.63) is 39.7 Å². The third-order valence-corrected chi connectivity index (χ3v) is 5.92. The van der Waals surface area contributed by atoms with Crippen molar-refractivity contribution < 1.29 is 28.6 Å².